The van der Waals surface area contributed by atoms with Crippen LogP contribution < -0.4 is 4.74 Å². The first-order valence-corrected chi connectivity index (χ1v) is 7.72. The van der Waals surface area contributed by atoms with Crippen LogP contribution in [-0.2, 0) is 13.1 Å². The molecule has 22 heavy (non-hydrogen) atoms. The third-order valence-electron chi connectivity index (χ3n) is 3.53. The smallest absolute Gasteiger partial charge is 0.414 e. The number of benzene rings is 1. The molecule has 0 atom stereocenters. The Morgan fingerprint density at radius 3 is 2.77 bits per heavy atom. The fourth-order valence-electron chi connectivity index (χ4n) is 2.38. The number of rotatable bonds is 3. The van der Waals surface area contributed by atoms with Crippen molar-refractivity contribution in [1.29, 1.82) is 0 Å². The van der Waals surface area contributed by atoms with Crippen LogP contribution in [0.25, 0.3) is 0 Å². The van der Waals surface area contributed by atoms with Gasteiger partial charge in [-0.3, -0.25) is 9.47 Å². The van der Waals surface area contributed by atoms with Gasteiger partial charge < -0.3 is 14.9 Å². The molecule has 0 N–H and O–H groups in total. The van der Waals surface area contributed by atoms with Gasteiger partial charge in [0.1, 0.15) is 12.8 Å². The minimum Gasteiger partial charge on any atom is -0.444 e. The maximum absolute atomic E-state index is 10.8. The van der Waals surface area contributed by atoms with E-state index in [-0.39, 0.29) is 5.82 Å². The summed E-state index contributed by atoms with van der Waals surface area (Å²) in [5.74, 6) is -0.170. The van der Waals surface area contributed by atoms with Gasteiger partial charge in [0.2, 0.25) is 0 Å². The molecule has 1 aliphatic rings. The number of hydrogen-bond donors (Lipinski definition) is 0. The van der Waals surface area contributed by atoms with Crippen molar-refractivity contribution in [3.63, 3.8) is 0 Å². The number of ether oxygens (including phenoxy) is 1. The second kappa shape index (κ2) is 6.45. The van der Waals surface area contributed by atoms with E-state index in [1.165, 1.54) is 11.8 Å². The lowest BCUT2D eigenvalue weighted by molar-refractivity contribution is -0.389. The average Bonchev–Trinajstić information content (AvgIpc) is 2.87. The van der Waals surface area contributed by atoms with Crippen LogP contribution in [0.2, 0.25) is 0 Å². The Balaban J connectivity index is 1.68. The van der Waals surface area contributed by atoms with Crippen LogP contribution in [0.3, 0.4) is 0 Å². The summed E-state index contributed by atoms with van der Waals surface area (Å²) in [6, 6.07) is 8.53. The quantitative estimate of drug-likeness (QED) is 0.616. The van der Waals surface area contributed by atoms with E-state index in [2.05, 4.69) is 37.9 Å². The van der Waals surface area contributed by atoms with E-state index in [1.807, 2.05) is 12.1 Å². The summed E-state index contributed by atoms with van der Waals surface area (Å²) >= 11 is 3.43. The van der Waals surface area contributed by atoms with Crippen molar-refractivity contribution >= 4 is 21.7 Å². The Kier molecular flexibility index (Phi) is 4.39. The number of nitro groups is 1. The molecule has 0 aliphatic carbocycles. The number of imidazole rings is 1. The van der Waals surface area contributed by atoms with Crippen molar-refractivity contribution in [2.75, 3.05) is 19.7 Å². The van der Waals surface area contributed by atoms with E-state index in [0.717, 1.165) is 24.1 Å². The fourth-order valence-corrected chi connectivity index (χ4v) is 2.65. The molecule has 0 fully saturated rings. The number of hydrogen-bond acceptors (Lipinski definition) is 5. The molecule has 0 radical (unpaired) electrons. The van der Waals surface area contributed by atoms with Gasteiger partial charge in [0.05, 0.1) is 0 Å². The number of halogens is 1. The minimum atomic E-state index is -0.499. The average molecular weight is 367 g/mol. The molecule has 3 rings (SSSR count). The number of nitrogens with zero attached hydrogens (tertiary/aromatic N) is 4. The maximum Gasteiger partial charge on any atom is 0.414 e. The highest BCUT2D eigenvalue weighted by atomic mass is 79.9. The Hall–Kier alpha value is -1.93. The lowest BCUT2D eigenvalue weighted by Crippen LogP contribution is -2.33. The summed E-state index contributed by atoms with van der Waals surface area (Å²) < 4.78 is 8.30. The van der Waals surface area contributed by atoms with Gasteiger partial charge in [-0.25, -0.2) is 0 Å². The van der Waals surface area contributed by atoms with Crippen LogP contribution >= 0.6 is 15.9 Å². The van der Waals surface area contributed by atoms with E-state index < -0.39 is 4.92 Å². The number of aromatic nitrogens is 2. The zero-order chi connectivity index (χ0) is 15.5. The summed E-state index contributed by atoms with van der Waals surface area (Å²) in [5.41, 5.74) is 1.22. The molecule has 0 spiro atoms. The van der Waals surface area contributed by atoms with Gasteiger partial charge in [-0.1, -0.05) is 28.1 Å². The second-order valence-electron chi connectivity index (χ2n) is 5.08. The first kappa shape index (κ1) is 15.0. The molecule has 1 aliphatic heterocycles. The predicted octanol–water partition coefficient (Wildman–Crippen LogP) is 2.45. The second-order valence-corrected chi connectivity index (χ2v) is 6.00. The van der Waals surface area contributed by atoms with E-state index >= 15 is 0 Å². The molecule has 116 valence electrons. The summed E-state index contributed by atoms with van der Waals surface area (Å²) in [4.78, 5) is 16.4. The van der Waals surface area contributed by atoms with Gasteiger partial charge in [-0.15, -0.1) is 0 Å². The van der Waals surface area contributed by atoms with Crippen LogP contribution in [0.4, 0.5) is 5.82 Å². The van der Waals surface area contributed by atoms with Crippen LogP contribution in [-0.4, -0.2) is 39.1 Å². The van der Waals surface area contributed by atoms with Crippen molar-refractivity contribution < 1.29 is 9.66 Å². The molecular formula is C14H15BrN4O3. The van der Waals surface area contributed by atoms with Gasteiger partial charge in [-0.05, 0) is 22.6 Å². The van der Waals surface area contributed by atoms with Gasteiger partial charge in [0.25, 0.3) is 0 Å². The zero-order valence-electron chi connectivity index (χ0n) is 11.8. The molecule has 0 amide bonds. The highest BCUT2D eigenvalue weighted by Crippen LogP contribution is 2.19. The highest BCUT2D eigenvalue weighted by molar-refractivity contribution is 9.10. The van der Waals surface area contributed by atoms with Gasteiger partial charge in [0.15, 0.2) is 0 Å². The maximum atomic E-state index is 10.8. The van der Waals surface area contributed by atoms with Crippen molar-refractivity contribution in [2.24, 2.45) is 0 Å². The normalized spacial score (nSPS) is 15.5. The molecule has 0 saturated carbocycles. The Morgan fingerprint density at radius 2 is 2.05 bits per heavy atom. The highest BCUT2D eigenvalue weighted by Gasteiger charge is 2.22. The molecule has 1 aromatic carbocycles. The van der Waals surface area contributed by atoms with E-state index in [0.29, 0.717) is 19.2 Å². The standard InChI is InChI=1S/C14H15BrN4O3/c15-12-3-1-11(2-4-12)9-17-5-6-18-10-13(19(20)21)16-14(18)22-8-7-17/h1-4,10H,5-9H2. The molecule has 0 bridgehead atoms. The minimum absolute atomic E-state index is 0.170. The molecule has 0 unspecified atom stereocenters. The molecule has 2 heterocycles. The molecule has 2 aromatic rings. The van der Waals surface area contributed by atoms with Crippen LogP contribution in [0.15, 0.2) is 34.9 Å². The SMILES string of the molecule is O=[N+]([O-])c1cn2c(n1)OCCN(Cc1ccc(Br)cc1)CC2. The first-order valence-electron chi connectivity index (χ1n) is 6.93. The van der Waals surface area contributed by atoms with Crippen LogP contribution in [0.5, 0.6) is 6.01 Å². The van der Waals surface area contributed by atoms with E-state index in [1.54, 1.807) is 4.57 Å². The van der Waals surface area contributed by atoms with Crippen molar-refractivity contribution in [3.05, 3.63) is 50.6 Å². The largest absolute Gasteiger partial charge is 0.444 e. The third-order valence-corrected chi connectivity index (χ3v) is 4.06. The predicted molar refractivity (Wildman–Crippen MR) is 83.8 cm³/mol. The topological polar surface area (TPSA) is 73.4 Å². The number of fused-ring (bicyclic) bond motifs is 1. The zero-order valence-corrected chi connectivity index (χ0v) is 13.4. The lowest BCUT2D eigenvalue weighted by atomic mass is 10.2. The van der Waals surface area contributed by atoms with Gasteiger partial charge >= 0.3 is 11.8 Å². The van der Waals surface area contributed by atoms with E-state index in [4.69, 9.17) is 4.74 Å². The van der Waals surface area contributed by atoms with Crippen LogP contribution in [0, 0.1) is 10.1 Å². The van der Waals surface area contributed by atoms with Crippen LogP contribution in [0.1, 0.15) is 5.56 Å². The third kappa shape index (κ3) is 3.45. The summed E-state index contributed by atoms with van der Waals surface area (Å²) in [7, 11) is 0. The fraction of sp³-hybridized carbons (Fsp3) is 0.357. The molecular weight excluding hydrogens is 352 g/mol. The molecule has 1 aromatic heterocycles. The van der Waals surface area contributed by atoms with Crippen molar-refractivity contribution in [3.8, 4) is 6.01 Å². The van der Waals surface area contributed by atoms with Gasteiger partial charge in [-0.2, -0.15) is 0 Å². The van der Waals surface area contributed by atoms with Crippen molar-refractivity contribution in [1.82, 2.24) is 14.5 Å². The molecule has 7 nitrogen and oxygen atoms in total. The summed E-state index contributed by atoms with van der Waals surface area (Å²) in [6.45, 7) is 3.46. The van der Waals surface area contributed by atoms with Crippen molar-refractivity contribution in [2.45, 2.75) is 13.1 Å². The Morgan fingerprint density at radius 1 is 1.27 bits per heavy atom. The molecule has 0 saturated heterocycles. The lowest BCUT2D eigenvalue weighted by Gasteiger charge is -2.24. The molecule has 8 heteroatoms. The summed E-state index contributed by atoms with van der Waals surface area (Å²) in [6.07, 6.45) is 1.43. The Bertz CT molecular complexity index is 671. The monoisotopic (exact) mass is 366 g/mol. The Labute approximate surface area is 135 Å². The van der Waals surface area contributed by atoms with E-state index in [9.17, 15) is 10.1 Å². The van der Waals surface area contributed by atoms with Gasteiger partial charge in [0, 0.05) is 35.6 Å². The summed E-state index contributed by atoms with van der Waals surface area (Å²) in [5, 5.41) is 10.8. The first-order chi connectivity index (χ1) is 10.6.